The van der Waals surface area contributed by atoms with Crippen LogP contribution < -0.4 is 20.1 Å². The smallest absolute Gasteiger partial charge is 0.422 e. The fraction of sp³-hybridized carbons (Fsp3) is 0.385. The van der Waals surface area contributed by atoms with Gasteiger partial charge in [-0.15, -0.1) is 0 Å². The van der Waals surface area contributed by atoms with E-state index >= 15 is 0 Å². The maximum atomic E-state index is 12.8. The Morgan fingerprint density at radius 1 is 0.973 bits per heavy atom. The van der Waals surface area contributed by atoms with Crippen LogP contribution >= 0.6 is 0 Å². The molecule has 8 rings (SSSR count). The highest BCUT2D eigenvalue weighted by atomic mass is 19.4. The van der Waals surface area contributed by atoms with Crippen LogP contribution in [0.4, 0.5) is 19.1 Å². The van der Waals surface area contributed by atoms with Crippen molar-refractivity contribution < 1.29 is 27.4 Å². The van der Waals surface area contributed by atoms with Crippen molar-refractivity contribution in [3.05, 3.63) is 71.0 Å². The van der Waals surface area contributed by atoms with Crippen molar-refractivity contribution in [2.24, 2.45) is 0 Å². The Labute approximate surface area is 211 Å². The van der Waals surface area contributed by atoms with Gasteiger partial charge in [-0.05, 0) is 61.1 Å². The number of nitrogens with zero attached hydrogens (tertiary/aromatic N) is 3. The monoisotopic (exact) mass is 513 g/mol. The number of nitrogens with one attached hydrogen (secondary N) is 2. The number of anilines is 1. The number of hydrogen-bond donors (Lipinski definition) is 2. The second-order valence-corrected chi connectivity index (χ2v) is 9.18. The summed E-state index contributed by atoms with van der Waals surface area (Å²) >= 11 is 0. The lowest BCUT2D eigenvalue weighted by atomic mass is 10.1. The number of hydrogen-bond acceptors (Lipinski definition) is 7. The van der Waals surface area contributed by atoms with Crippen LogP contribution in [0.15, 0.2) is 48.5 Å². The number of benzene rings is 2. The third-order valence-electron chi connectivity index (χ3n) is 6.24. The number of carbonyl (C=O) groups is 1. The molecule has 0 unspecified atom stereocenters. The van der Waals surface area contributed by atoms with Gasteiger partial charge >= 0.3 is 12.2 Å². The largest absolute Gasteiger partial charge is 0.494 e. The van der Waals surface area contributed by atoms with Gasteiger partial charge in [-0.3, -0.25) is 4.79 Å². The number of halogens is 3. The van der Waals surface area contributed by atoms with Gasteiger partial charge in [-0.25, -0.2) is 0 Å². The summed E-state index contributed by atoms with van der Waals surface area (Å²) in [6.45, 7) is -0.445. The Kier molecular flexibility index (Phi) is 6.86. The highest BCUT2D eigenvalue weighted by Gasteiger charge is 2.45. The minimum atomic E-state index is -4.53. The van der Waals surface area contributed by atoms with E-state index in [9.17, 15) is 18.0 Å². The van der Waals surface area contributed by atoms with Crippen molar-refractivity contribution in [3.63, 3.8) is 0 Å². The molecule has 194 valence electrons. The SMILES string of the molecule is O=C1NCCCCOc2ccc(cc2)C2(CC2)Nc2nc(nc(OCC(F)(F)F)n2)Cc2ccc1cc2. The van der Waals surface area contributed by atoms with Crippen molar-refractivity contribution in [3.8, 4) is 11.8 Å². The molecule has 2 aromatic carbocycles. The lowest BCUT2D eigenvalue weighted by Gasteiger charge is -2.19. The van der Waals surface area contributed by atoms with Crippen LogP contribution in [0.2, 0.25) is 0 Å². The molecule has 8 nitrogen and oxygen atoms in total. The van der Waals surface area contributed by atoms with Crippen LogP contribution in [0.25, 0.3) is 0 Å². The molecule has 0 radical (unpaired) electrons. The fourth-order valence-electron chi connectivity index (χ4n) is 4.12. The van der Waals surface area contributed by atoms with E-state index in [0.717, 1.165) is 42.6 Å². The summed E-state index contributed by atoms with van der Waals surface area (Å²) in [5.74, 6) is 0.942. The zero-order valence-corrected chi connectivity index (χ0v) is 20.0. The van der Waals surface area contributed by atoms with Crippen molar-refractivity contribution >= 4 is 11.9 Å². The van der Waals surface area contributed by atoms with E-state index in [0.29, 0.717) is 18.7 Å². The van der Waals surface area contributed by atoms with Gasteiger partial charge in [0.2, 0.25) is 5.95 Å². The van der Waals surface area contributed by atoms with Gasteiger partial charge in [0.05, 0.1) is 12.1 Å². The number of amides is 1. The molecule has 1 saturated carbocycles. The van der Waals surface area contributed by atoms with E-state index in [-0.39, 0.29) is 24.1 Å². The molecule has 4 aliphatic heterocycles. The van der Waals surface area contributed by atoms with Gasteiger partial charge in [0, 0.05) is 18.5 Å². The van der Waals surface area contributed by atoms with Gasteiger partial charge in [0.1, 0.15) is 11.6 Å². The van der Waals surface area contributed by atoms with Crippen LogP contribution in [0.1, 0.15) is 53.0 Å². The maximum Gasteiger partial charge on any atom is 0.422 e. The Morgan fingerprint density at radius 2 is 1.73 bits per heavy atom. The average Bonchev–Trinajstić information content (AvgIpc) is 3.65. The summed E-state index contributed by atoms with van der Waals surface area (Å²) in [5.41, 5.74) is 1.87. The summed E-state index contributed by atoms with van der Waals surface area (Å²) in [6.07, 6.45) is -1.09. The molecule has 3 aromatic rings. The minimum absolute atomic E-state index is 0.141. The number of carbonyl (C=O) groups excluding carboxylic acids is 1. The van der Waals surface area contributed by atoms with Gasteiger partial charge < -0.3 is 20.1 Å². The van der Waals surface area contributed by atoms with Crippen LogP contribution in [0, 0.1) is 0 Å². The molecular formula is C26H26F3N5O3. The zero-order valence-electron chi connectivity index (χ0n) is 20.0. The van der Waals surface area contributed by atoms with Crippen molar-refractivity contribution in [1.82, 2.24) is 20.3 Å². The number of alkyl halides is 3. The summed E-state index contributed by atoms with van der Waals surface area (Å²) in [7, 11) is 0. The number of aromatic nitrogens is 3. The highest BCUT2D eigenvalue weighted by Crippen LogP contribution is 2.48. The van der Waals surface area contributed by atoms with Crippen molar-refractivity contribution in [1.29, 1.82) is 0 Å². The molecular weight excluding hydrogens is 487 g/mol. The van der Waals surface area contributed by atoms with E-state index in [2.05, 4.69) is 25.6 Å². The quantitative estimate of drug-likeness (QED) is 0.524. The summed E-state index contributed by atoms with van der Waals surface area (Å²) in [4.78, 5) is 25.1. The Bertz CT molecular complexity index is 1250. The second kappa shape index (κ2) is 10.2. The molecule has 0 saturated heterocycles. The second-order valence-electron chi connectivity index (χ2n) is 9.18. The van der Waals surface area contributed by atoms with Gasteiger partial charge in [0.25, 0.3) is 5.91 Å². The Balaban J connectivity index is 1.46. The fourth-order valence-corrected chi connectivity index (χ4v) is 4.12. The predicted octanol–water partition coefficient (Wildman–Crippen LogP) is 4.41. The molecule has 11 heteroatoms. The molecule has 1 aromatic heterocycles. The molecule has 5 aliphatic rings. The molecule has 6 bridgehead atoms. The first-order chi connectivity index (χ1) is 17.8. The minimum Gasteiger partial charge on any atom is -0.494 e. The first-order valence-electron chi connectivity index (χ1n) is 12.1. The van der Waals surface area contributed by atoms with Crippen molar-refractivity contribution in [2.45, 2.75) is 43.8 Å². The standard InChI is InChI=1S/C26H26F3N5O3/c27-26(28,29)16-37-24-32-21-15-17-3-5-18(6-4-17)22(35)30-13-1-2-14-36-20-9-7-19(8-10-20)25(11-12-25)34-23(31-21)33-24/h3-10H,1-2,11-16H2,(H,30,35)(H,31,32,33,34). The normalized spacial score (nSPS) is 17.3. The maximum absolute atomic E-state index is 12.8. The average molecular weight is 514 g/mol. The number of rotatable bonds is 2. The Hall–Kier alpha value is -3.89. The van der Waals surface area contributed by atoms with Crippen LogP contribution in [0.5, 0.6) is 11.8 Å². The molecule has 5 heterocycles. The first kappa shape index (κ1) is 24.8. The Morgan fingerprint density at radius 3 is 2.43 bits per heavy atom. The summed E-state index contributed by atoms with van der Waals surface area (Å²) in [5, 5.41) is 6.19. The molecule has 37 heavy (non-hydrogen) atoms. The van der Waals surface area contributed by atoms with E-state index in [1.165, 1.54) is 0 Å². The third-order valence-corrected chi connectivity index (χ3v) is 6.24. The van der Waals surface area contributed by atoms with E-state index in [1.54, 1.807) is 24.3 Å². The van der Waals surface area contributed by atoms with Crippen LogP contribution in [0.3, 0.4) is 0 Å². The third kappa shape index (κ3) is 6.46. The predicted molar refractivity (Wildman–Crippen MR) is 129 cm³/mol. The lowest BCUT2D eigenvalue weighted by Crippen LogP contribution is -2.24. The first-order valence-corrected chi connectivity index (χ1v) is 12.1. The van der Waals surface area contributed by atoms with E-state index < -0.39 is 24.3 Å². The molecule has 1 aliphatic carbocycles. The summed E-state index contributed by atoms with van der Waals surface area (Å²) < 4.78 is 49.0. The van der Waals surface area contributed by atoms with Crippen LogP contribution in [-0.4, -0.2) is 46.8 Å². The lowest BCUT2D eigenvalue weighted by molar-refractivity contribution is -0.154. The van der Waals surface area contributed by atoms with Gasteiger partial charge in [-0.1, -0.05) is 24.3 Å². The molecule has 1 fully saturated rings. The molecule has 0 atom stereocenters. The highest BCUT2D eigenvalue weighted by molar-refractivity contribution is 5.94. The van der Waals surface area contributed by atoms with E-state index in [1.807, 2.05) is 24.3 Å². The van der Waals surface area contributed by atoms with Crippen molar-refractivity contribution in [2.75, 3.05) is 25.1 Å². The molecule has 1 amide bonds. The molecule has 1 spiro atoms. The molecule has 2 N–H and O–H groups in total. The van der Waals surface area contributed by atoms with Crippen LogP contribution in [-0.2, 0) is 12.0 Å². The van der Waals surface area contributed by atoms with Gasteiger partial charge in [-0.2, -0.15) is 28.1 Å². The number of ether oxygens (including phenoxy) is 2. The van der Waals surface area contributed by atoms with Gasteiger partial charge in [0.15, 0.2) is 6.61 Å². The summed E-state index contributed by atoms with van der Waals surface area (Å²) in [6, 6.07) is 14.2. The van der Waals surface area contributed by atoms with E-state index in [4.69, 9.17) is 9.47 Å². The zero-order chi connectivity index (χ0) is 25.9. The topological polar surface area (TPSA) is 98.3 Å².